The van der Waals surface area contributed by atoms with E-state index in [1.54, 1.807) is 24.3 Å². The molecule has 0 aliphatic carbocycles. The molecule has 0 atom stereocenters. The monoisotopic (exact) mass is 447 g/mol. The number of anilines is 1. The van der Waals surface area contributed by atoms with Crippen LogP contribution in [0.25, 0.3) is 10.9 Å². The van der Waals surface area contributed by atoms with Gasteiger partial charge in [-0.3, -0.25) is 9.59 Å². The first-order valence-corrected chi connectivity index (χ1v) is 9.74. The van der Waals surface area contributed by atoms with Crippen molar-refractivity contribution in [1.29, 1.82) is 0 Å². The van der Waals surface area contributed by atoms with Crippen molar-refractivity contribution < 1.29 is 28.2 Å². The lowest BCUT2D eigenvalue weighted by Crippen LogP contribution is -2.22. The van der Waals surface area contributed by atoms with Gasteiger partial charge in [-0.1, -0.05) is 0 Å². The maximum atomic E-state index is 13.0. The maximum absolute atomic E-state index is 13.0. The Morgan fingerprint density at radius 1 is 0.879 bits per heavy atom. The van der Waals surface area contributed by atoms with Crippen molar-refractivity contribution >= 4 is 28.3 Å². The van der Waals surface area contributed by atoms with Gasteiger partial charge in [-0.05, 0) is 54.6 Å². The second kappa shape index (κ2) is 9.31. The number of Topliss-reactive ketones (excluding diaryl/α,β-unsaturated/α-hetero) is 1. The van der Waals surface area contributed by atoms with Gasteiger partial charge in [-0.25, -0.2) is 14.4 Å². The molecule has 0 radical (unpaired) electrons. The Balaban J connectivity index is 1.51. The Morgan fingerprint density at radius 3 is 2.21 bits per heavy atom. The van der Waals surface area contributed by atoms with Crippen LogP contribution >= 0.6 is 0 Å². The largest absolute Gasteiger partial charge is 0.493 e. The minimum atomic E-state index is -0.835. The van der Waals surface area contributed by atoms with Crippen molar-refractivity contribution in [2.24, 2.45) is 0 Å². The van der Waals surface area contributed by atoms with Crippen molar-refractivity contribution in [3.8, 4) is 23.1 Å². The molecule has 8 nitrogen and oxygen atoms in total. The van der Waals surface area contributed by atoms with Gasteiger partial charge in [0.25, 0.3) is 11.7 Å². The average Bonchev–Trinajstić information content (AvgIpc) is 2.84. The summed E-state index contributed by atoms with van der Waals surface area (Å²) in [6.45, 7) is 0. The van der Waals surface area contributed by atoms with Gasteiger partial charge in [0, 0.05) is 17.3 Å². The van der Waals surface area contributed by atoms with Gasteiger partial charge in [0.1, 0.15) is 17.9 Å². The molecule has 1 aromatic heterocycles. The van der Waals surface area contributed by atoms with E-state index in [0.717, 1.165) is 0 Å². The summed E-state index contributed by atoms with van der Waals surface area (Å²) in [5.74, 6) is -0.305. The molecule has 1 heterocycles. The van der Waals surface area contributed by atoms with Crippen LogP contribution in [0.1, 0.15) is 10.4 Å². The van der Waals surface area contributed by atoms with Crippen LogP contribution in [0, 0.1) is 5.82 Å². The molecule has 1 amide bonds. The normalized spacial score (nSPS) is 10.5. The average molecular weight is 447 g/mol. The van der Waals surface area contributed by atoms with E-state index in [-0.39, 0.29) is 11.4 Å². The van der Waals surface area contributed by atoms with Crippen LogP contribution in [0.2, 0.25) is 0 Å². The minimum absolute atomic E-state index is 0.168. The van der Waals surface area contributed by atoms with Crippen LogP contribution in [0.3, 0.4) is 0 Å². The summed E-state index contributed by atoms with van der Waals surface area (Å²) >= 11 is 0. The number of nitrogens with zero attached hydrogens (tertiary/aromatic N) is 2. The Labute approximate surface area is 188 Å². The zero-order chi connectivity index (χ0) is 23.4. The molecule has 0 unspecified atom stereocenters. The van der Waals surface area contributed by atoms with Crippen molar-refractivity contribution in [3.05, 3.63) is 78.4 Å². The van der Waals surface area contributed by atoms with Crippen LogP contribution in [0.5, 0.6) is 23.1 Å². The van der Waals surface area contributed by atoms with Crippen LogP contribution < -0.4 is 19.5 Å². The lowest BCUT2D eigenvalue weighted by atomic mass is 10.1. The van der Waals surface area contributed by atoms with E-state index in [0.29, 0.717) is 33.8 Å². The zero-order valence-corrected chi connectivity index (χ0v) is 17.7. The molecule has 4 aromatic rings. The first-order chi connectivity index (χ1) is 16.0. The molecular formula is C24H18FN3O5. The number of fused-ring (bicyclic) bond motifs is 1. The molecular weight excluding hydrogens is 429 g/mol. The van der Waals surface area contributed by atoms with Crippen LogP contribution in [-0.4, -0.2) is 35.9 Å². The Bertz CT molecular complexity index is 1320. The number of halogens is 1. The highest BCUT2D eigenvalue weighted by Gasteiger charge is 2.17. The number of amides is 1. The number of carbonyl (C=O) groups excluding carboxylic acids is 2. The highest BCUT2D eigenvalue weighted by molar-refractivity contribution is 6.46. The van der Waals surface area contributed by atoms with Gasteiger partial charge in [0.2, 0.25) is 5.88 Å². The number of carbonyl (C=O) groups is 2. The number of hydrogen-bond donors (Lipinski definition) is 1. The van der Waals surface area contributed by atoms with Crippen LogP contribution in [-0.2, 0) is 4.79 Å². The van der Waals surface area contributed by atoms with Gasteiger partial charge < -0.3 is 19.5 Å². The number of rotatable bonds is 7. The maximum Gasteiger partial charge on any atom is 0.296 e. The highest BCUT2D eigenvalue weighted by atomic mass is 19.1. The third-order valence-electron chi connectivity index (χ3n) is 4.74. The predicted molar refractivity (Wildman–Crippen MR) is 119 cm³/mol. The summed E-state index contributed by atoms with van der Waals surface area (Å²) in [4.78, 5) is 33.0. The van der Waals surface area contributed by atoms with E-state index in [9.17, 15) is 14.0 Å². The third kappa shape index (κ3) is 4.72. The molecule has 33 heavy (non-hydrogen) atoms. The van der Waals surface area contributed by atoms with Gasteiger partial charge in [-0.15, -0.1) is 0 Å². The molecule has 0 aliphatic heterocycles. The summed E-state index contributed by atoms with van der Waals surface area (Å²) in [5, 5.41) is 3.04. The number of ketones is 1. The van der Waals surface area contributed by atoms with E-state index in [2.05, 4.69) is 15.3 Å². The van der Waals surface area contributed by atoms with Crippen molar-refractivity contribution in [3.63, 3.8) is 0 Å². The first kappa shape index (κ1) is 21.7. The van der Waals surface area contributed by atoms with Crippen molar-refractivity contribution in [1.82, 2.24) is 9.97 Å². The SMILES string of the molecule is COc1cc2ncnc(Oc3ccc(C(=O)C(=O)Nc4ccc(F)cc4)cc3)c2cc1OC. The molecule has 1 N–H and O–H groups in total. The number of hydrogen-bond acceptors (Lipinski definition) is 7. The zero-order valence-electron chi connectivity index (χ0n) is 17.7. The van der Waals surface area contributed by atoms with Crippen molar-refractivity contribution in [2.45, 2.75) is 0 Å². The number of aromatic nitrogens is 2. The smallest absolute Gasteiger partial charge is 0.296 e. The van der Waals surface area contributed by atoms with E-state index in [4.69, 9.17) is 14.2 Å². The molecule has 3 aromatic carbocycles. The fraction of sp³-hybridized carbons (Fsp3) is 0.0833. The number of methoxy groups -OCH3 is 2. The van der Waals surface area contributed by atoms with Crippen molar-refractivity contribution in [2.75, 3.05) is 19.5 Å². The van der Waals surface area contributed by atoms with E-state index >= 15 is 0 Å². The molecule has 0 saturated carbocycles. The van der Waals surface area contributed by atoms with Gasteiger partial charge in [-0.2, -0.15) is 0 Å². The Morgan fingerprint density at radius 2 is 1.55 bits per heavy atom. The van der Waals surface area contributed by atoms with E-state index in [1.807, 2.05) is 0 Å². The fourth-order valence-electron chi connectivity index (χ4n) is 3.08. The number of benzene rings is 3. The minimum Gasteiger partial charge on any atom is -0.493 e. The topological polar surface area (TPSA) is 99.6 Å². The third-order valence-corrected chi connectivity index (χ3v) is 4.74. The van der Waals surface area contributed by atoms with Gasteiger partial charge >= 0.3 is 0 Å². The number of ether oxygens (including phenoxy) is 3. The molecule has 0 bridgehead atoms. The second-order valence-corrected chi connectivity index (χ2v) is 6.82. The summed E-state index contributed by atoms with van der Waals surface area (Å²) in [6.07, 6.45) is 1.36. The quantitative estimate of drug-likeness (QED) is 0.331. The van der Waals surface area contributed by atoms with Crippen LogP contribution in [0.15, 0.2) is 67.0 Å². The standard InChI is InChI=1S/C24H18FN3O5/c1-31-20-11-18-19(12-21(20)32-2)26-13-27-24(18)33-17-9-3-14(4-10-17)22(29)23(30)28-16-7-5-15(25)6-8-16/h3-13H,1-2H3,(H,28,30). The lowest BCUT2D eigenvalue weighted by molar-refractivity contribution is -0.112. The van der Waals surface area contributed by atoms with E-state index in [1.165, 1.54) is 56.9 Å². The Hall–Kier alpha value is -4.53. The first-order valence-electron chi connectivity index (χ1n) is 9.74. The molecule has 166 valence electrons. The molecule has 9 heteroatoms. The van der Waals surface area contributed by atoms with E-state index < -0.39 is 17.5 Å². The summed E-state index contributed by atoms with van der Waals surface area (Å²) in [6, 6.07) is 14.6. The van der Waals surface area contributed by atoms with Gasteiger partial charge in [0.15, 0.2) is 11.5 Å². The molecule has 0 saturated heterocycles. The van der Waals surface area contributed by atoms with Crippen LogP contribution in [0.4, 0.5) is 10.1 Å². The molecule has 0 aliphatic rings. The molecule has 0 spiro atoms. The number of nitrogens with one attached hydrogen (secondary N) is 1. The Kier molecular flexibility index (Phi) is 6.12. The highest BCUT2D eigenvalue weighted by Crippen LogP contribution is 2.35. The second-order valence-electron chi connectivity index (χ2n) is 6.82. The molecule has 4 rings (SSSR count). The lowest BCUT2D eigenvalue weighted by Gasteiger charge is -2.11. The molecule has 0 fully saturated rings. The van der Waals surface area contributed by atoms with Gasteiger partial charge in [0.05, 0.1) is 25.1 Å². The fourth-order valence-corrected chi connectivity index (χ4v) is 3.08. The summed E-state index contributed by atoms with van der Waals surface area (Å²) in [5.41, 5.74) is 1.08. The summed E-state index contributed by atoms with van der Waals surface area (Å²) < 4.78 is 29.5. The summed E-state index contributed by atoms with van der Waals surface area (Å²) in [7, 11) is 3.06. The predicted octanol–water partition coefficient (Wildman–Crippen LogP) is 4.40.